The molecule has 1 aliphatic carbocycles. The van der Waals surface area contributed by atoms with E-state index in [9.17, 15) is 0 Å². The van der Waals surface area contributed by atoms with E-state index in [1.165, 1.54) is 24.8 Å². The second kappa shape index (κ2) is 5.98. The lowest BCUT2D eigenvalue weighted by Gasteiger charge is -2.22. The van der Waals surface area contributed by atoms with Crippen LogP contribution < -0.4 is 10.6 Å². The van der Waals surface area contributed by atoms with E-state index in [0.29, 0.717) is 17.4 Å². The van der Waals surface area contributed by atoms with Crippen LogP contribution in [0.25, 0.3) is 0 Å². The van der Waals surface area contributed by atoms with E-state index in [4.69, 9.17) is 0 Å². The van der Waals surface area contributed by atoms with Crippen LogP contribution in [0.4, 0.5) is 11.6 Å². The maximum atomic E-state index is 4.49. The average Bonchev–Trinajstić information content (AvgIpc) is 2.69. The standard InChI is InChI=1S/C16H28N4/c1-6-17-14-13(11(2)3)15(19-10-18-14)20-12-7-8-16(4,5)9-12/h10-12H,6-9H2,1-5H3,(H2,17,18,19,20). The van der Waals surface area contributed by atoms with Crippen molar-refractivity contribution in [2.24, 2.45) is 5.41 Å². The van der Waals surface area contributed by atoms with Crippen molar-refractivity contribution < 1.29 is 0 Å². The van der Waals surface area contributed by atoms with E-state index in [-0.39, 0.29) is 0 Å². The summed E-state index contributed by atoms with van der Waals surface area (Å²) in [6, 6.07) is 0.534. The Morgan fingerprint density at radius 1 is 1.30 bits per heavy atom. The largest absolute Gasteiger partial charge is 0.370 e. The topological polar surface area (TPSA) is 49.8 Å². The Morgan fingerprint density at radius 2 is 2.00 bits per heavy atom. The molecule has 4 heteroatoms. The summed E-state index contributed by atoms with van der Waals surface area (Å²) in [6.07, 6.45) is 5.38. The minimum atomic E-state index is 0.405. The summed E-state index contributed by atoms with van der Waals surface area (Å²) in [6.45, 7) is 12.1. The van der Waals surface area contributed by atoms with Crippen molar-refractivity contribution in [2.45, 2.75) is 65.8 Å². The highest BCUT2D eigenvalue weighted by Crippen LogP contribution is 2.39. The second-order valence-electron chi connectivity index (χ2n) is 6.92. The predicted octanol–water partition coefficient (Wildman–Crippen LogP) is 4.02. The van der Waals surface area contributed by atoms with Crippen molar-refractivity contribution >= 4 is 11.6 Å². The fourth-order valence-electron chi connectivity index (χ4n) is 3.12. The molecule has 1 fully saturated rings. The molecule has 0 amide bonds. The molecular weight excluding hydrogens is 248 g/mol. The molecule has 1 aromatic rings. The monoisotopic (exact) mass is 276 g/mol. The van der Waals surface area contributed by atoms with Crippen molar-refractivity contribution in [1.82, 2.24) is 9.97 Å². The number of hydrogen-bond acceptors (Lipinski definition) is 4. The molecule has 0 radical (unpaired) electrons. The molecule has 1 unspecified atom stereocenters. The van der Waals surface area contributed by atoms with E-state index >= 15 is 0 Å². The van der Waals surface area contributed by atoms with Gasteiger partial charge in [0.25, 0.3) is 0 Å². The van der Waals surface area contributed by atoms with Gasteiger partial charge in [-0.3, -0.25) is 0 Å². The Kier molecular flexibility index (Phi) is 4.51. The summed E-state index contributed by atoms with van der Waals surface area (Å²) in [5, 5.41) is 7.00. The van der Waals surface area contributed by atoms with Crippen LogP contribution in [-0.4, -0.2) is 22.6 Å². The first-order chi connectivity index (χ1) is 9.43. The molecule has 1 atom stereocenters. The molecule has 0 aromatic carbocycles. The van der Waals surface area contributed by atoms with Crippen molar-refractivity contribution in [3.63, 3.8) is 0 Å². The van der Waals surface area contributed by atoms with E-state index in [2.05, 4.69) is 55.2 Å². The van der Waals surface area contributed by atoms with E-state index in [0.717, 1.165) is 18.2 Å². The first-order valence-corrected chi connectivity index (χ1v) is 7.78. The van der Waals surface area contributed by atoms with Gasteiger partial charge in [0.1, 0.15) is 18.0 Å². The van der Waals surface area contributed by atoms with Crippen LogP contribution in [0.3, 0.4) is 0 Å². The molecule has 4 nitrogen and oxygen atoms in total. The zero-order chi connectivity index (χ0) is 14.8. The summed E-state index contributed by atoms with van der Waals surface area (Å²) in [5.41, 5.74) is 1.66. The molecule has 0 aliphatic heterocycles. The molecule has 1 aliphatic rings. The summed E-state index contributed by atoms with van der Waals surface area (Å²) < 4.78 is 0. The molecule has 20 heavy (non-hydrogen) atoms. The molecule has 2 rings (SSSR count). The lowest BCUT2D eigenvalue weighted by molar-refractivity contribution is 0.378. The smallest absolute Gasteiger partial charge is 0.135 e. The third-order valence-electron chi connectivity index (χ3n) is 4.11. The van der Waals surface area contributed by atoms with Gasteiger partial charge in [0.2, 0.25) is 0 Å². The maximum absolute atomic E-state index is 4.49. The minimum Gasteiger partial charge on any atom is -0.370 e. The van der Waals surface area contributed by atoms with Crippen molar-refractivity contribution in [3.05, 3.63) is 11.9 Å². The van der Waals surface area contributed by atoms with Gasteiger partial charge in [-0.05, 0) is 37.5 Å². The highest BCUT2D eigenvalue weighted by Gasteiger charge is 2.31. The zero-order valence-electron chi connectivity index (χ0n) is 13.5. The van der Waals surface area contributed by atoms with Crippen LogP contribution in [0, 0.1) is 5.41 Å². The average molecular weight is 276 g/mol. The quantitative estimate of drug-likeness (QED) is 0.852. The normalized spacial score (nSPS) is 21.2. The van der Waals surface area contributed by atoms with Gasteiger partial charge in [0.15, 0.2) is 0 Å². The Morgan fingerprint density at radius 3 is 2.55 bits per heavy atom. The first kappa shape index (κ1) is 15.1. The van der Waals surface area contributed by atoms with E-state index in [1.807, 2.05) is 0 Å². The Balaban J connectivity index is 2.21. The summed E-state index contributed by atoms with van der Waals surface area (Å²) in [5.74, 6) is 2.38. The predicted molar refractivity (Wildman–Crippen MR) is 85.3 cm³/mol. The Bertz CT molecular complexity index is 454. The van der Waals surface area contributed by atoms with Gasteiger partial charge in [-0.15, -0.1) is 0 Å². The van der Waals surface area contributed by atoms with E-state index < -0.39 is 0 Å². The van der Waals surface area contributed by atoms with Crippen molar-refractivity contribution in [1.29, 1.82) is 0 Å². The van der Waals surface area contributed by atoms with Crippen molar-refractivity contribution in [3.8, 4) is 0 Å². The lowest BCUT2D eigenvalue weighted by atomic mass is 9.92. The maximum Gasteiger partial charge on any atom is 0.135 e. The van der Waals surface area contributed by atoms with E-state index in [1.54, 1.807) is 6.33 Å². The van der Waals surface area contributed by atoms with Crippen LogP contribution in [0.15, 0.2) is 6.33 Å². The summed E-state index contributed by atoms with van der Waals surface area (Å²) >= 11 is 0. The number of hydrogen-bond donors (Lipinski definition) is 2. The second-order valence-corrected chi connectivity index (χ2v) is 6.92. The molecule has 0 saturated heterocycles. The van der Waals surface area contributed by atoms with Gasteiger partial charge in [-0.2, -0.15) is 0 Å². The molecule has 2 N–H and O–H groups in total. The fraction of sp³-hybridized carbons (Fsp3) is 0.750. The molecule has 1 aromatic heterocycles. The van der Waals surface area contributed by atoms with Crippen LogP contribution >= 0.6 is 0 Å². The van der Waals surface area contributed by atoms with Gasteiger partial charge in [-0.25, -0.2) is 9.97 Å². The van der Waals surface area contributed by atoms with Crippen LogP contribution in [-0.2, 0) is 0 Å². The van der Waals surface area contributed by atoms with Gasteiger partial charge < -0.3 is 10.6 Å². The third kappa shape index (κ3) is 3.41. The zero-order valence-corrected chi connectivity index (χ0v) is 13.5. The van der Waals surface area contributed by atoms with Gasteiger partial charge >= 0.3 is 0 Å². The number of rotatable bonds is 5. The van der Waals surface area contributed by atoms with Crippen LogP contribution in [0.1, 0.15) is 65.4 Å². The molecule has 112 valence electrons. The third-order valence-corrected chi connectivity index (χ3v) is 4.11. The minimum absolute atomic E-state index is 0.405. The highest BCUT2D eigenvalue weighted by atomic mass is 15.1. The molecular formula is C16H28N4. The van der Waals surface area contributed by atoms with Gasteiger partial charge in [-0.1, -0.05) is 27.7 Å². The Labute approximate surface area is 122 Å². The van der Waals surface area contributed by atoms with Gasteiger partial charge in [0, 0.05) is 18.2 Å². The van der Waals surface area contributed by atoms with Gasteiger partial charge in [0.05, 0.1) is 0 Å². The molecule has 1 heterocycles. The molecule has 0 spiro atoms. The number of nitrogens with one attached hydrogen (secondary N) is 2. The molecule has 1 saturated carbocycles. The van der Waals surface area contributed by atoms with Crippen LogP contribution in [0.5, 0.6) is 0 Å². The Hall–Kier alpha value is -1.32. The number of anilines is 2. The van der Waals surface area contributed by atoms with Crippen molar-refractivity contribution in [2.75, 3.05) is 17.2 Å². The van der Waals surface area contributed by atoms with Crippen LogP contribution in [0.2, 0.25) is 0 Å². The summed E-state index contributed by atoms with van der Waals surface area (Å²) in [4.78, 5) is 8.88. The summed E-state index contributed by atoms with van der Waals surface area (Å²) in [7, 11) is 0. The lowest BCUT2D eigenvalue weighted by Crippen LogP contribution is -2.20. The number of aromatic nitrogens is 2. The SMILES string of the molecule is CCNc1ncnc(NC2CCC(C)(C)C2)c1C(C)C. The first-order valence-electron chi connectivity index (χ1n) is 7.78. The fourth-order valence-corrected chi connectivity index (χ4v) is 3.12. The molecule has 0 bridgehead atoms. The number of nitrogens with zero attached hydrogens (tertiary/aromatic N) is 2. The highest BCUT2D eigenvalue weighted by molar-refractivity contribution is 5.59.